The summed E-state index contributed by atoms with van der Waals surface area (Å²) in [4.78, 5) is 48.6. The highest BCUT2D eigenvalue weighted by atomic mass is 35.5. The lowest BCUT2D eigenvalue weighted by Gasteiger charge is -2.36. The quantitative estimate of drug-likeness (QED) is 0.0713. The van der Waals surface area contributed by atoms with Crippen LogP contribution in [-0.4, -0.2) is 144 Å². The molecule has 8 rings (SSSR count). The van der Waals surface area contributed by atoms with E-state index in [4.69, 9.17) is 52.1 Å². The van der Waals surface area contributed by atoms with Gasteiger partial charge in [-0.25, -0.2) is 31.1 Å². The summed E-state index contributed by atoms with van der Waals surface area (Å²) in [5.74, 6) is 1.81. The number of hydrogen-bond donors (Lipinski definition) is 1. The molecule has 0 bridgehead atoms. The Morgan fingerprint density at radius 2 is 1.05 bits per heavy atom. The summed E-state index contributed by atoms with van der Waals surface area (Å²) in [6.07, 6.45) is 11.0. The number of carbonyl (C=O) groups is 2. The van der Waals surface area contributed by atoms with Crippen molar-refractivity contribution in [2.75, 3.05) is 111 Å². The highest BCUT2D eigenvalue weighted by Crippen LogP contribution is 2.32. The zero-order chi connectivity index (χ0) is 52.5. The number of halogens is 4. The van der Waals surface area contributed by atoms with Gasteiger partial charge in [0.05, 0.1) is 32.0 Å². The molecule has 0 saturated carbocycles. The molecule has 388 valence electrons. The van der Waals surface area contributed by atoms with E-state index in [2.05, 4.69) is 56.4 Å². The van der Waals surface area contributed by atoms with Crippen molar-refractivity contribution in [1.29, 1.82) is 0 Å². The van der Waals surface area contributed by atoms with E-state index in [1.807, 2.05) is 48.8 Å². The van der Waals surface area contributed by atoms with Crippen molar-refractivity contribution in [2.24, 2.45) is 0 Å². The number of Topliss-reactive ketones (excluding diaryl/α,β-unsaturated/α-hetero) is 1. The molecule has 2 fully saturated rings. The molecule has 2 aliphatic rings. The van der Waals surface area contributed by atoms with Crippen molar-refractivity contribution in [3.05, 3.63) is 148 Å². The number of aromatic nitrogens is 4. The first-order chi connectivity index (χ1) is 35.0. The Bertz CT molecular complexity index is 2960. The van der Waals surface area contributed by atoms with Gasteiger partial charge in [0.25, 0.3) is 6.47 Å². The average molecular weight is 1120 g/mol. The topological polar surface area (TPSA) is 209 Å². The van der Waals surface area contributed by atoms with Gasteiger partial charge in [0, 0.05) is 135 Å². The summed E-state index contributed by atoms with van der Waals surface area (Å²) < 4.78 is 56.5. The maximum Gasteiger partial charge on any atom is 0.293 e. The number of benzene rings is 2. The van der Waals surface area contributed by atoms with E-state index < -0.39 is 20.0 Å². The fourth-order valence-corrected chi connectivity index (χ4v) is 11.4. The molecular weight excluding hydrogens is 1060 g/mol. The maximum absolute atomic E-state index is 12.8. The fourth-order valence-electron chi connectivity index (χ4n) is 7.56. The molecule has 2 N–H and O–H groups in total. The number of nitrogens with zero attached hydrogens (tertiary/aromatic N) is 10. The Morgan fingerprint density at radius 1 is 0.616 bits per heavy atom. The van der Waals surface area contributed by atoms with Gasteiger partial charge in [0.15, 0.2) is 0 Å². The van der Waals surface area contributed by atoms with Crippen molar-refractivity contribution in [1.82, 2.24) is 28.5 Å². The molecule has 18 nitrogen and oxygen atoms in total. The first-order valence-corrected chi connectivity index (χ1v) is 27.2. The Hall–Kier alpha value is -5.84. The third-order valence-corrected chi connectivity index (χ3v) is 17.4. The van der Waals surface area contributed by atoms with Crippen LogP contribution in [0.15, 0.2) is 132 Å². The Balaban J connectivity index is 0.000000197. The summed E-state index contributed by atoms with van der Waals surface area (Å²) in [5.41, 5.74) is 9.56. The van der Waals surface area contributed by atoms with Crippen molar-refractivity contribution < 1.29 is 31.2 Å². The number of sulfonamides is 2. The van der Waals surface area contributed by atoms with Crippen molar-refractivity contribution in [2.45, 2.75) is 22.6 Å². The zero-order valence-electron chi connectivity index (χ0n) is 40.1. The van der Waals surface area contributed by atoms with Crippen LogP contribution < -0.4 is 25.3 Å². The predicted molar refractivity (Wildman–Crippen MR) is 288 cm³/mol. The van der Waals surface area contributed by atoms with E-state index in [9.17, 15) is 26.4 Å². The van der Waals surface area contributed by atoms with Gasteiger partial charge in [0.1, 0.15) is 33.8 Å². The van der Waals surface area contributed by atoms with E-state index in [0.717, 1.165) is 78.2 Å². The first kappa shape index (κ1) is 56.5. The highest BCUT2D eigenvalue weighted by molar-refractivity contribution is 7.89. The van der Waals surface area contributed by atoms with Crippen LogP contribution in [-0.2, 0) is 40.8 Å². The number of anilines is 5. The fraction of sp³-hybridized carbons (Fsp3) is 0.306. The second kappa shape index (κ2) is 26.9. The van der Waals surface area contributed by atoms with Crippen LogP contribution >= 0.6 is 46.4 Å². The van der Waals surface area contributed by atoms with Crippen molar-refractivity contribution in [3.8, 4) is 0 Å². The van der Waals surface area contributed by atoms with Gasteiger partial charge >= 0.3 is 0 Å². The SMILES string of the molecule is CN(CCC(=O)Cc1ccc(N2CCN(c3ccncc3)CC2)nc1)S(=O)(=O)c1cccc(Cl)c1Cl.CN(CCOC=O)S(=O)(=O)c1cccc(Cl)c1Cl.Nc1ccc(N2CCN(c3ccncc3)CC2)nc1. The van der Waals surface area contributed by atoms with Crippen LogP contribution in [0.1, 0.15) is 12.0 Å². The van der Waals surface area contributed by atoms with E-state index >= 15 is 0 Å². The standard InChI is InChI=1S/C25H27Cl2N5O3S.C14H17N5.C10H11Cl2NO4S/c1-30(36(34,35)23-4-2-3-22(26)25(23)27)12-9-21(33)17-19-5-6-24(29-18-19)32-15-13-31(14-16-32)20-7-10-28-11-8-20;15-12-1-2-14(17-11-12)19-9-7-18(8-10-19)13-3-5-16-6-4-13;1-13(5-6-17-7-14)18(15,16)9-4-2-3-8(11)10(9)12/h2-8,10-11,18H,9,12-17H2,1H3;1-6,11H,7-10,15H2;2-4,7H,5-6H2,1H3. The molecule has 0 unspecified atom stereocenters. The van der Waals surface area contributed by atoms with Crippen LogP contribution in [0.25, 0.3) is 0 Å². The van der Waals surface area contributed by atoms with E-state index in [1.54, 1.807) is 24.8 Å². The van der Waals surface area contributed by atoms with Gasteiger partial charge < -0.3 is 30.1 Å². The normalized spacial score (nSPS) is 14.0. The van der Waals surface area contributed by atoms with Crippen LogP contribution in [0.3, 0.4) is 0 Å². The molecule has 6 heterocycles. The second-order valence-corrected chi connectivity index (χ2v) is 22.1. The third kappa shape index (κ3) is 15.6. The number of ketones is 1. The molecule has 6 aromatic rings. The summed E-state index contributed by atoms with van der Waals surface area (Å²) in [7, 11) is -4.83. The number of carbonyl (C=O) groups excluding carboxylic acids is 2. The number of piperazine rings is 2. The van der Waals surface area contributed by atoms with Gasteiger partial charge in [-0.2, -0.15) is 4.31 Å². The van der Waals surface area contributed by atoms with Crippen LogP contribution in [0.2, 0.25) is 20.1 Å². The number of rotatable bonds is 17. The number of nitrogens with two attached hydrogens (primary N) is 1. The minimum absolute atomic E-state index is 0.0256. The minimum atomic E-state index is -3.86. The maximum atomic E-state index is 12.8. The van der Waals surface area contributed by atoms with Crippen LogP contribution in [0, 0.1) is 0 Å². The smallest absolute Gasteiger partial charge is 0.293 e. The van der Waals surface area contributed by atoms with Gasteiger partial charge in [-0.05, 0) is 72.3 Å². The number of nitrogen functional groups attached to an aromatic ring is 1. The van der Waals surface area contributed by atoms with Crippen molar-refractivity contribution >= 4 is 107 Å². The van der Waals surface area contributed by atoms with Gasteiger partial charge in [0.2, 0.25) is 20.0 Å². The molecule has 24 heteroatoms. The van der Waals surface area contributed by atoms with Gasteiger partial charge in [-0.3, -0.25) is 19.6 Å². The molecule has 4 aromatic heterocycles. The van der Waals surface area contributed by atoms with Crippen LogP contribution in [0.5, 0.6) is 0 Å². The zero-order valence-corrected chi connectivity index (χ0v) is 44.7. The molecule has 73 heavy (non-hydrogen) atoms. The number of likely N-dealkylation sites (N-methyl/N-ethyl adjacent to an activating group) is 1. The highest BCUT2D eigenvalue weighted by Gasteiger charge is 2.27. The van der Waals surface area contributed by atoms with Crippen LogP contribution in [0.4, 0.5) is 28.7 Å². The lowest BCUT2D eigenvalue weighted by molar-refractivity contribution is -0.128. The monoisotopic (exact) mass is 1110 g/mol. The largest absolute Gasteiger partial charge is 0.466 e. The summed E-state index contributed by atoms with van der Waals surface area (Å²) in [6.45, 7) is 7.72. The van der Waals surface area contributed by atoms with Gasteiger partial charge in [-0.1, -0.05) is 64.6 Å². The first-order valence-electron chi connectivity index (χ1n) is 22.8. The molecule has 0 aliphatic carbocycles. The third-order valence-electron chi connectivity index (χ3n) is 11.8. The summed E-state index contributed by atoms with van der Waals surface area (Å²) >= 11 is 23.7. The Labute approximate surface area is 446 Å². The molecule has 0 radical (unpaired) electrons. The Kier molecular flexibility index (Phi) is 20.8. The predicted octanol–water partition coefficient (Wildman–Crippen LogP) is 7.10. The molecule has 0 amide bonds. The molecule has 0 atom stereocenters. The molecule has 0 spiro atoms. The lowest BCUT2D eigenvalue weighted by Crippen LogP contribution is -2.46. The van der Waals surface area contributed by atoms with E-state index in [1.165, 1.54) is 61.9 Å². The summed E-state index contributed by atoms with van der Waals surface area (Å²) in [6, 6.07) is 24.7. The Morgan fingerprint density at radius 3 is 1.48 bits per heavy atom. The number of pyridine rings is 4. The molecular formula is C49H55Cl4N11O7S2. The minimum Gasteiger partial charge on any atom is -0.466 e. The van der Waals surface area contributed by atoms with E-state index in [-0.39, 0.29) is 74.7 Å². The van der Waals surface area contributed by atoms with Gasteiger partial charge in [-0.15, -0.1) is 0 Å². The molecule has 2 saturated heterocycles. The average Bonchev–Trinajstić information content (AvgIpc) is 3.41. The molecule has 2 aliphatic heterocycles. The van der Waals surface area contributed by atoms with Crippen molar-refractivity contribution in [3.63, 3.8) is 0 Å². The number of hydrogen-bond acceptors (Lipinski definition) is 16. The number of ether oxygens (including phenoxy) is 1. The lowest BCUT2D eigenvalue weighted by atomic mass is 10.1. The second-order valence-electron chi connectivity index (χ2n) is 16.5. The molecule has 2 aromatic carbocycles. The van der Waals surface area contributed by atoms with E-state index in [0.29, 0.717) is 5.69 Å². The summed E-state index contributed by atoms with van der Waals surface area (Å²) in [5, 5.41) is 0.272.